The number of carbonyl (C=O) groups is 4. The molecule has 0 aliphatic carbocycles. The average molecular weight is 471 g/mol. The number of allylic oxidation sites excluding steroid dienone is 2. The molecule has 0 aliphatic rings. The topological polar surface area (TPSA) is 88.5 Å². The number of rotatable bonds is 10. The molecule has 1 atom stereocenters. The fourth-order valence-electron chi connectivity index (χ4n) is 2.48. The number of hydrogen-bond donors (Lipinski definition) is 1. The Kier molecular flexibility index (Phi) is 24.5. The minimum absolute atomic E-state index is 0.0434. The van der Waals surface area contributed by atoms with Crippen LogP contribution in [0.15, 0.2) is 11.6 Å². The van der Waals surface area contributed by atoms with Crippen molar-refractivity contribution in [2.75, 3.05) is 0 Å². The molecule has 0 aromatic rings. The molecule has 0 saturated carbocycles. The summed E-state index contributed by atoms with van der Waals surface area (Å²) in [7, 11) is 0. The maximum absolute atomic E-state index is 10.9. The van der Waals surface area contributed by atoms with Crippen molar-refractivity contribution in [3.05, 3.63) is 11.6 Å². The molecule has 0 rings (SSSR count). The molecule has 0 aromatic carbocycles. The Balaban J connectivity index is -0.000000171. The van der Waals surface area contributed by atoms with Crippen LogP contribution in [0, 0.1) is 11.3 Å². The Morgan fingerprint density at radius 1 is 0.788 bits per heavy atom. The zero-order valence-electron chi connectivity index (χ0n) is 24.0. The lowest BCUT2D eigenvalue weighted by Gasteiger charge is -2.22. The molecule has 33 heavy (non-hydrogen) atoms. The standard InChI is InChI=1S/C8H16O.C7H14O2.C7H12O.C6H12O/c1-5-8(4,6-2)7(3)9;1-4-7(3,9)5-6(2)8;1-4-6(2)5-7(3)8;1-5(2)4-6(3)7/h5-6H2,1-4H3;9H,4-5H2,1-3H3;4H,5H2,1-3H3;5H,4H2,1-3H3/b;;6-4+;/t;7-;;/m.1../s1. The van der Waals surface area contributed by atoms with Gasteiger partial charge in [-0.1, -0.05) is 53.2 Å². The van der Waals surface area contributed by atoms with E-state index in [4.69, 9.17) is 0 Å². The van der Waals surface area contributed by atoms with Crippen LogP contribution in [-0.4, -0.2) is 33.8 Å². The Morgan fingerprint density at radius 2 is 1.21 bits per heavy atom. The highest BCUT2D eigenvalue weighted by molar-refractivity contribution is 5.81. The van der Waals surface area contributed by atoms with Crippen LogP contribution < -0.4 is 0 Å². The van der Waals surface area contributed by atoms with Crippen molar-refractivity contribution in [2.24, 2.45) is 11.3 Å². The lowest BCUT2D eigenvalue weighted by molar-refractivity contribution is -0.126. The highest BCUT2D eigenvalue weighted by Gasteiger charge is 2.24. The summed E-state index contributed by atoms with van der Waals surface area (Å²) in [4.78, 5) is 42.0. The number of ketones is 4. The van der Waals surface area contributed by atoms with Crippen molar-refractivity contribution in [3.63, 3.8) is 0 Å². The first-order valence-electron chi connectivity index (χ1n) is 12.2. The normalized spacial score (nSPS) is 12.6. The molecular weight excluding hydrogens is 416 g/mol. The number of carbonyl (C=O) groups excluding carboxylic acids is 4. The zero-order chi connectivity index (χ0) is 27.4. The van der Waals surface area contributed by atoms with E-state index < -0.39 is 5.60 Å². The Labute approximate surface area is 204 Å². The molecule has 0 aliphatic heterocycles. The van der Waals surface area contributed by atoms with Crippen LogP contribution in [0.25, 0.3) is 0 Å². The summed E-state index contributed by atoms with van der Waals surface area (Å²) in [5.41, 5.74) is 0.309. The van der Waals surface area contributed by atoms with Crippen molar-refractivity contribution < 1.29 is 24.3 Å². The van der Waals surface area contributed by atoms with Gasteiger partial charge >= 0.3 is 0 Å². The summed E-state index contributed by atoms with van der Waals surface area (Å²) in [6, 6.07) is 0. The van der Waals surface area contributed by atoms with Crippen LogP contribution in [0.2, 0.25) is 0 Å². The SMILES string of the molecule is C/C=C(\C)CC(C)=O.CC(=O)CC(C)C.CCC(C)(CC)C(C)=O.CC[C@@](C)(O)CC(C)=O. The largest absolute Gasteiger partial charge is 0.390 e. The molecule has 0 saturated heterocycles. The molecule has 0 radical (unpaired) electrons. The van der Waals surface area contributed by atoms with E-state index in [0.717, 1.165) is 24.8 Å². The van der Waals surface area contributed by atoms with E-state index in [1.165, 1.54) is 6.92 Å². The van der Waals surface area contributed by atoms with Gasteiger partial charge in [0.25, 0.3) is 0 Å². The van der Waals surface area contributed by atoms with Crippen molar-refractivity contribution >= 4 is 23.1 Å². The van der Waals surface area contributed by atoms with Gasteiger partial charge in [0.2, 0.25) is 0 Å². The molecule has 1 N–H and O–H groups in total. The second kappa shape index (κ2) is 20.9. The van der Waals surface area contributed by atoms with Crippen LogP contribution in [0.3, 0.4) is 0 Å². The third-order valence-corrected chi connectivity index (χ3v) is 5.52. The lowest BCUT2D eigenvalue weighted by atomic mass is 9.81. The van der Waals surface area contributed by atoms with E-state index in [1.807, 2.05) is 47.6 Å². The molecule has 5 nitrogen and oxygen atoms in total. The van der Waals surface area contributed by atoms with Crippen molar-refractivity contribution in [1.82, 2.24) is 0 Å². The van der Waals surface area contributed by atoms with Crippen molar-refractivity contribution in [1.29, 1.82) is 0 Å². The molecule has 0 heterocycles. The van der Waals surface area contributed by atoms with Crippen LogP contribution in [0.5, 0.6) is 0 Å². The monoisotopic (exact) mass is 470 g/mol. The fourth-order valence-corrected chi connectivity index (χ4v) is 2.48. The quantitative estimate of drug-likeness (QED) is 0.344. The summed E-state index contributed by atoms with van der Waals surface area (Å²) < 4.78 is 0. The van der Waals surface area contributed by atoms with Gasteiger partial charge in [0.05, 0.1) is 5.60 Å². The first-order chi connectivity index (χ1) is 14.8. The summed E-state index contributed by atoms with van der Waals surface area (Å²) >= 11 is 0. The molecule has 0 unspecified atom stereocenters. The van der Waals surface area contributed by atoms with E-state index in [9.17, 15) is 24.3 Å². The summed E-state index contributed by atoms with van der Waals surface area (Å²) in [5, 5.41) is 9.27. The smallest absolute Gasteiger partial charge is 0.135 e. The molecular formula is C28H54O5. The Bertz CT molecular complexity index is 593. The summed E-state index contributed by atoms with van der Waals surface area (Å²) in [6.07, 6.45) is 6.10. The summed E-state index contributed by atoms with van der Waals surface area (Å²) in [5.74, 6) is 1.41. The third-order valence-electron chi connectivity index (χ3n) is 5.52. The van der Waals surface area contributed by atoms with Gasteiger partial charge in [-0.3, -0.25) is 14.4 Å². The van der Waals surface area contributed by atoms with E-state index in [2.05, 4.69) is 13.8 Å². The molecule has 0 amide bonds. The summed E-state index contributed by atoms with van der Waals surface area (Å²) in [6.45, 7) is 24.1. The van der Waals surface area contributed by atoms with Gasteiger partial charge in [-0.2, -0.15) is 0 Å². The highest BCUT2D eigenvalue weighted by Crippen LogP contribution is 2.25. The van der Waals surface area contributed by atoms with E-state index >= 15 is 0 Å². The number of Topliss-reactive ketones (excluding diaryl/α,β-unsaturated/α-hetero) is 4. The van der Waals surface area contributed by atoms with Gasteiger partial charge in [-0.25, -0.2) is 0 Å². The first kappa shape index (κ1) is 38.6. The van der Waals surface area contributed by atoms with Gasteiger partial charge in [-0.05, 0) is 73.6 Å². The van der Waals surface area contributed by atoms with Gasteiger partial charge in [0.1, 0.15) is 23.1 Å². The van der Waals surface area contributed by atoms with Gasteiger partial charge in [0, 0.05) is 24.7 Å². The maximum Gasteiger partial charge on any atom is 0.135 e. The fraction of sp³-hybridized carbons (Fsp3) is 0.786. The Hall–Kier alpha value is -1.62. The van der Waals surface area contributed by atoms with Crippen molar-refractivity contribution in [3.8, 4) is 0 Å². The molecule has 196 valence electrons. The average Bonchev–Trinajstić information content (AvgIpc) is 2.66. The van der Waals surface area contributed by atoms with Crippen LogP contribution in [0.1, 0.15) is 129 Å². The van der Waals surface area contributed by atoms with Crippen LogP contribution in [0.4, 0.5) is 0 Å². The predicted molar refractivity (Wildman–Crippen MR) is 140 cm³/mol. The number of hydrogen-bond acceptors (Lipinski definition) is 5. The second-order valence-electron chi connectivity index (χ2n) is 9.87. The van der Waals surface area contributed by atoms with E-state index in [0.29, 0.717) is 24.5 Å². The van der Waals surface area contributed by atoms with E-state index in [1.54, 1.807) is 27.7 Å². The third kappa shape index (κ3) is 30.4. The second-order valence-corrected chi connectivity index (χ2v) is 9.87. The van der Waals surface area contributed by atoms with Crippen molar-refractivity contribution in [2.45, 2.75) is 134 Å². The molecule has 5 heteroatoms. The number of aliphatic hydroxyl groups is 1. The van der Waals surface area contributed by atoms with E-state index in [-0.39, 0.29) is 29.2 Å². The first-order valence-corrected chi connectivity index (χ1v) is 12.2. The van der Waals surface area contributed by atoms with Gasteiger partial charge < -0.3 is 9.90 Å². The highest BCUT2D eigenvalue weighted by atomic mass is 16.3. The van der Waals surface area contributed by atoms with Gasteiger partial charge in [-0.15, -0.1) is 0 Å². The Morgan fingerprint density at radius 3 is 1.27 bits per heavy atom. The molecule has 0 aromatic heterocycles. The molecule has 0 bridgehead atoms. The maximum atomic E-state index is 10.9. The lowest BCUT2D eigenvalue weighted by Crippen LogP contribution is -2.25. The minimum Gasteiger partial charge on any atom is -0.390 e. The van der Waals surface area contributed by atoms with Gasteiger partial charge in [0.15, 0.2) is 0 Å². The van der Waals surface area contributed by atoms with Crippen LogP contribution in [-0.2, 0) is 19.2 Å². The minimum atomic E-state index is -0.786. The predicted octanol–water partition coefficient (Wildman–Crippen LogP) is 7.08. The zero-order valence-corrected chi connectivity index (χ0v) is 24.0. The van der Waals surface area contributed by atoms with Crippen LogP contribution >= 0.6 is 0 Å². The molecule has 0 fully saturated rings. The molecule has 0 spiro atoms.